The van der Waals surface area contributed by atoms with Crippen molar-refractivity contribution in [2.75, 3.05) is 19.8 Å². The number of hydrogen-bond acceptors (Lipinski definition) is 4. The van der Waals surface area contributed by atoms with Gasteiger partial charge in [0.25, 0.3) is 0 Å². The zero-order chi connectivity index (χ0) is 17.4. The first-order valence-electron chi connectivity index (χ1n) is 8.23. The normalized spacial score (nSPS) is 20.6. The van der Waals surface area contributed by atoms with Gasteiger partial charge >= 0.3 is 0 Å². The second kappa shape index (κ2) is 6.52. The van der Waals surface area contributed by atoms with Gasteiger partial charge in [0.15, 0.2) is 11.5 Å². The summed E-state index contributed by atoms with van der Waals surface area (Å²) in [5.74, 6) is 1.05. The maximum Gasteiger partial charge on any atom is 0.243 e. The van der Waals surface area contributed by atoms with Gasteiger partial charge in [-0.25, -0.2) is 8.42 Å². The zero-order valence-electron chi connectivity index (χ0n) is 13.5. The minimum absolute atomic E-state index is 0.218. The third-order valence-corrected chi connectivity index (χ3v) is 6.84. The van der Waals surface area contributed by atoms with Gasteiger partial charge in [-0.15, -0.1) is 0 Å². The van der Waals surface area contributed by atoms with Crippen LogP contribution in [-0.4, -0.2) is 32.5 Å². The van der Waals surface area contributed by atoms with Crippen molar-refractivity contribution >= 4 is 21.6 Å². The molecule has 0 N–H and O–H groups in total. The van der Waals surface area contributed by atoms with Crippen molar-refractivity contribution in [1.29, 1.82) is 0 Å². The lowest BCUT2D eigenvalue weighted by Crippen LogP contribution is -2.31. The van der Waals surface area contributed by atoms with Gasteiger partial charge in [0, 0.05) is 17.6 Å². The third kappa shape index (κ3) is 2.99. The fraction of sp³-hybridized carbons (Fsp3) is 0.333. The fourth-order valence-corrected chi connectivity index (χ4v) is 5.36. The molecule has 0 bridgehead atoms. The Bertz CT molecular complexity index is 900. The van der Waals surface area contributed by atoms with E-state index in [4.69, 9.17) is 21.1 Å². The van der Waals surface area contributed by atoms with Crippen LogP contribution >= 0.6 is 11.6 Å². The number of sulfonamides is 1. The molecule has 2 aliphatic rings. The number of hydrogen-bond donors (Lipinski definition) is 0. The molecule has 5 nitrogen and oxygen atoms in total. The summed E-state index contributed by atoms with van der Waals surface area (Å²) in [6.07, 6.45) is 1.56. The van der Waals surface area contributed by atoms with E-state index in [9.17, 15) is 8.42 Å². The largest absolute Gasteiger partial charge is 0.486 e. The molecular weight excluding hydrogens is 362 g/mol. The number of nitrogens with zero attached hydrogens (tertiary/aromatic N) is 1. The lowest BCUT2D eigenvalue weighted by atomic mass is 10.1. The van der Waals surface area contributed by atoms with Gasteiger partial charge < -0.3 is 9.47 Å². The maximum absolute atomic E-state index is 13.2. The predicted molar refractivity (Wildman–Crippen MR) is 94.8 cm³/mol. The number of rotatable bonds is 3. The number of benzene rings is 2. The first kappa shape index (κ1) is 16.7. The summed E-state index contributed by atoms with van der Waals surface area (Å²) in [4.78, 5) is 0.218. The van der Waals surface area contributed by atoms with Crippen molar-refractivity contribution in [3.8, 4) is 11.5 Å². The standard InChI is InChI=1S/C18H18ClNO4S/c19-15-5-2-1-4-14(15)16-6-3-9-20(16)25(21,22)13-7-8-17-18(12-13)24-11-10-23-17/h1-2,4-5,7-8,12,16H,3,6,9-11H2. The highest BCUT2D eigenvalue weighted by Gasteiger charge is 2.37. The van der Waals surface area contributed by atoms with Crippen LogP contribution in [0.3, 0.4) is 0 Å². The highest BCUT2D eigenvalue weighted by atomic mass is 35.5. The second-order valence-electron chi connectivity index (χ2n) is 6.10. The Hall–Kier alpha value is -1.76. The van der Waals surface area contributed by atoms with E-state index in [1.54, 1.807) is 28.6 Å². The minimum Gasteiger partial charge on any atom is -0.486 e. The molecule has 0 radical (unpaired) electrons. The zero-order valence-corrected chi connectivity index (χ0v) is 15.1. The molecule has 7 heteroatoms. The van der Waals surface area contributed by atoms with E-state index < -0.39 is 10.0 Å². The summed E-state index contributed by atoms with van der Waals surface area (Å²) in [5, 5.41) is 0.594. The van der Waals surface area contributed by atoms with Crippen LogP contribution in [0.4, 0.5) is 0 Å². The molecule has 0 aliphatic carbocycles. The molecule has 2 aromatic carbocycles. The first-order chi connectivity index (χ1) is 12.1. The van der Waals surface area contributed by atoms with Gasteiger partial charge in [0.05, 0.1) is 10.9 Å². The minimum atomic E-state index is -3.65. The molecule has 0 saturated carbocycles. The second-order valence-corrected chi connectivity index (χ2v) is 8.40. The Morgan fingerprint density at radius 1 is 1.04 bits per heavy atom. The molecule has 0 aromatic heterocycles. The molecule has 25 heavy (non-hydrogen) atoms. The SMILES string of the molecule is O=S(=O)(c1ccc2c(c1)OCCO2)N1CCCC1c1ccccc1Cl. The Morgan fingerprint density at radius 2 is 1.80 bits per heavy atom. The lowest BCUT2D eigenvalue weighted by molar-refractivity contribution is 0.171. The highest BCUT2D eigenvalue weighted by molar-refractivity contribution is 7.89. The molecule has 2 aliphatic heterocycles. The van der Waals surface area contributed by atoms with Crippen LogP contribution in [0.2, 0.25) is 5.02 Å². The van der Waals surface area contributed by atoms with Crippen LogP contribution in [-0.2, 0) is 10.0 Å². The Labute approximate surface area is 152 Å². The summed E-state index contributed by atoms with van der Waals surface area (Å²) in [6, 6.07) is 12.0. The van der Waals surface area contributed by atoms with Crippen LogP contribution in [0.1, 0.15) is 24.4 Å². The summed E-state index contributed by atoms with van der Waals surface area (Å²) in [6.45, 7) is 1.37. The number of ether oxygens (including phenoxy) is 2. The molecule has 2 heterocycles. The highest BCUT2D eigenvalue weighted by Crippen LogP contribution is 2.40. The van der Waals surface area contributed by atoms with Crippen LogP contribution in [0.5, 0.6) is 11.5 Å². The molecule has 1 saturated heterocycles. The Kier molecular flexibility index (Phi) is 4.35. The third-order valence-electron chi connectivity index (χ3n) is 4.59. The van der Waals surface area contributed by atoms with Gasteiger partial charge in [0.1, 0.15) is 13.2 Å². The summed E-state index contributed by atoms with van der Waals surface area (Å²) in [7, 11) is -3.65. The topological polar surface area (TPSA) is 55.8 Å². The van der Waals surface area contributed by atoms with Crippen molar-refractivity contribution in [2.24, 2.45) is 0 Å². The smallest absolute Gasteiger partial charge is 0.243 e. The molecule has 0 amide bonds. The summed E-state index contributed by atoms with van der Waals surface area (Å²) in [5.41, 5.74) is 0.850. The van der Waals surface area contributed by atoms with Gasteiger partial charge in [-0.2, -0.15) is 4.31 Å². The van der Waals surface area contributed by atoms with Crippen LogP contribution in [0.25, 0.3) is 0 Å². The van der Waals surface area contributed by atoms with Crippen LogP contribution in [0.15, 0.2) is 47.4 Å². The number of fused-ring (bicyclic) bond motifs is 1. The van der Waals surface area contributed by atoms with E-state index in [1.807, 2.05) is 18.2 Å². The van der Waals surface area contributed by atoms with Crippen molar-refractivity contribution in [3.63, 3.8) is 0 Å². The van der Waals surface area contributed by atoms with Gasteiger partial charge in [-0.3, -0.25) is 0 Å². The van der Waals surface area contributed by atoms with Crippen LogP contribution < -0.4 is 9.47 Å². The van der Waals surface area contributed by atoms with E-state index >= 15 is 0 Å². The van der Waals surface area contributed by atoms with E-state index in [2.05, 4.69) is 0 Å². The fourth-order valence-electron chi connectivity index (χ4n) is 3.40. The van der Waals surface area contributed by atoms with E-state index in [-0.39, 0.29) is 10.9 Å². The van der Waals surface area contributed by atoms with Gasteiger partial charge in [0.2, 0.25) is 10.0 Å². The van der Waals surface area contributed by atoms with E-state index in [1.165, 1.54) is 0 Å². The van der Waals surface area contributed by atoms with E-state index in [0.29, 0.717) is 36.3 Å². The molecule has 0 spiro atoms. The van der Waals surface area contributed by atoms with Crippen molar-refractivity contribution in [2.45, 2.75) is 23.8 Å². The summed E-state index contributed by atoms with van der Waals surface area (Å²) >= 11 is 6.30. The molecule has 1 fully saturated rings. The van der Waals surface area contributed by atoms with Crippen molar-refractivity contribution in [3.05, 3.63) is 53.1 Å². The monoisotopic (exact) mass is 379 g/mol. The van der Waals surface area contributed by atoms with Crippen LogP contribution in [0, 0.1) is 0 Å². The van der Waals surface area contributed by atoms with Crippen molar-refractivity contribution in [1.82, 2.24) is 4.31 Å². The quantitative estimate of drug-likeness (QED) is 0.817. The first-order valence-corrected chi connectivity index (χ1v) is 10.0. The molecule has 4 rings (SSSR count). The average molecular weight is 380 g/mol. The Morgan fingerprint density at radius 3 is 2.60 bits per heavy atom. The number of halogens is 1. The molecular formula is C18H18ClNO4S. The summed E-state index contributed by atoms with van der Waals surface area (Å²) < 4.78 is 38.9. The Balaban J connectivity index is 1.71. The predicted octanol–water partition coefficient (Wildman–Crippen LogP) is 3.64. The lowest BCUT2D eigenvalue weighted by Gasteiger charge is -2.26. The average Bonchev–Trinajstić information content (AvgIpc) is 3.12. The molecule has 1 atom stereocenters. The molecule has 1 unspecified atom stereocenters. The van der Waals surface area contributed by atoms with E-state index in [0.717, 1.165) is 18.4 Å². The molecule has 2 aromatic rings. The van der Waals surface area contributed by atoms with Gasteiger partial charge in [-0.05, 0) is 36.6 Å². The van der Waals surface area contributed by atoms with Gasteiger partial charge in [-0.1, -0.05) is 29.8 Å². The molecule has 132 valence electrons. The van der Waals surface area contributed by atoms with Crippen molar-refractivity contribution < 1.29 is 17.9 Å². The maximum atomic E-state index is 13.2.